The fourth-order valence-corrected chi connectivity index (χ4v) is 3.78. The third-order valence-electron chi connectivity index (χ3n) is 5.24. The second-order valence-corrected chi connectivity index (χ2v) is 7.84. The molecule has 2 heterocycles. The van der Waals surface area contributed by atoms with Gasteiger partial charge in [-0.1, -0.05) is 29.8 Å². The van der Waals surface area contributed by atoms with Crippen molar-refractivity contribution in [2.45, 2.75) is 18.6 Å². The van der Waals surface area contributed by atoms with Crippen LogP contribution in [-0.2, 0) is 22.1 Å². The molecule has 0 aliphatic heterocycles. The number of aromatic amines is 1. The fourth-order valence-electron chi connectivity index (χ4n) is 3.66. The van der Waals surface area contributed by atoms with E-state index in [0.717, 1.165) is 24.2 Å². The number of hydrogen-bond donors (Lipinski definition) is 2. The highest BCUT2D eigenvalue weighted by Crippen LogP contribution is 2.34. The third kappa shape index (κ3) is 4.62. The minimum Gasteiger partial charge on any atom is -0.467 e. The van der Waals surface area contributed by atoms with E-state index >= 15 is 0 Å². The van der Waals surface area contributed by atoms with Crippen molar-refractivity contribution in [3.8, 4) is 5.69 Å². The van der Waals surface area contributed by atoms with Crippen LogP contribution in [-0.4, -0.2) is 39.8 Å². The predicted octanol–water partition coefficient (Wildman–Crippen LogP) is 4.54. The fraction of sp³-hybridized carbons (Fsp3) is 0.174. The molecule has 34 heavy (non-hydrogen) atoms. The lowest BCUT2D eigenvalue weighted by atomic mass is 10.0. The number of H-pyrrole nitrogens is 1. The normalized spacial score (nSPS) is 12.5. The zero-order valence-corrected chi connectivity index (χ0v) is 18.4. The van der Waals surface area contributed by atoms with Gasteiger partial charge in [-0.3, -0.25) is 4.79 Å². The van der Waals surface area contributed by atoms with Gasteiger partial charge in [0.15, 0.2) is 5.69 Å². The number of esters is 1. The number of carbonyl (C=O) groups excluding carboxylic acids is 2. The van der Waals surface area contributed by atoms with Crippen molar-refractivity contribution in [2.24, 2.45) is 0 Å². The van der Waals surface area contributed by atoms with Gasteiger partial charge in [-0.25, -0.2) is 9.48 Å². The molecule has 0 aliphatic rings. The van der Waals surface area contributed by atoms with Gasteiger partial charge in [0, 0.05) is 28.5 Å². The summed E-state index contributed by atoms with van der Waals surface area (Å²) in [6, 6.07) is 11.6. The molecule has 11 heteroatoms. The number of ether oxygens (including phenoxy) is 1. The summed E-state index contributed by atoms with van der Waals surface area (Å²) in [6.45, 7) is 0. The summed E-state index contributed by atoms with van der Waals surface area (Å²) in [5.74, 6) is -1.90. The first kappa shape index (κ1) is 23.4. The molecule has 2 aromatic carbocycles. The largest absolute Gasteiger partial charge is 0.467 e. The molecule has 176 valence electrons. The van der Waals surface area contributed by atoms with Crippen LogP contribution in [0.3, 0.4) is 0 Å². The highest BCUT2D eigenvalue weighted by atomic mass is 35.5. The maximum atomic E-state index is 13.9. The number of nitrogens with zero attached hydrogens (tertiary/aromatic N) is 2. The molecular formula is C23H18ClF3N4O3. The zero-order valence-electron chi connectivity index (χ0n) is 17.7. The Balaban J connectivity index is 1.66. The number of aromatic nitrogens is 3. The van der Waals surface area contributed by atoms with Gasteiger partial charge in [0.25, 0.3) is 5.91 Å². The lowest BCUT2D eigenvalue weighted by molar-refractivity contribution is -0.143. The van der Waals surface area contributed by atoms with Crippen molar-refractivity contribution in [3.63, 3.8) is 0 Å². The van der Waals surface area contributed by atoms with Crippen LogP contribution in [0.4, 0.5) is 13.2 Å². The van der Waals surface area contributed by atoms with E-state index in [1.807, 2.05) is 24.3 Å². The Kier molecular flexibility index (Phi) is 6.34. The molecule has 0 radical (unpaired) electrons. The predicted molar refractivity (Wildman–Crippen MR) is 119 cm³/mol. The SMILES string of the molecule is COC(=O)C(Cc1c[nH]c2ccccc12)NC(=O)c1cnn(-c2ccc(Cl)cc2)c1C(F)(F)F. The maximum Gasteiger partial charge on any atom is 0.434 e. The lowest BCUT2D eigenvalue weighted by Gasteiger charge is -2.17. The van der Waals surface area contributed by atoms with Crippen molar-refractivity contribution in [3.05, 3.63) is 82.8 Å². The van der Waals surface area contributed by atoms with Crippen molar-refractivity contribution in [2.75, 3.05) is 7.11 Å². The van der Waals surface area contributed by atoms with Gasteiger partial charge in [-0.05, 0) is 35.9 Å². The lowest BCUT2D eigenvalue weighted by Crippen LogP contribution is -2.43. The summed E-state index contributed by atoms with van der Waals surface area (Å²) in [4.78, 5) is 28.4. The topological polar surface area (TPSA) is 89.0 Å². The van der Waals surface area contributed by atoms with Crippen LogP contribution in [0.1, 0.15) is 21.6 Å². The van der Waals surface area contributed by atoms with Gasteiger partial charge in [0.1, 0.15) is 6.04 Å². The van der Waals surface area contributed by atoms with E-state index < -0.39 is 35.4 Å². The summed E-state index contributed by atoms with van der Waals surface area (Å²) < 4.78 is 47.2. The van der Waals surface area contributed by atoms with Gasteiger partial charge in [0.05, 0.1) is 24.6 Å². The van der Waals surface area contributed by atoms with E-state index in [1.165, 1.54) is 24.3 Å². The van der Waals surface area contributed by atoms with Crippen LogP contribution in [0.5, 0.6) is 0 Å². The average Bonchev–Trinajstić information content (AvgIpc) is 3.43. The van der Waals surface area contributed by atoms with Crippen molar-refractivity contribution in [1.29, 1.82) is 0 Å². The molecule has 2 N–H and O–H groups in total. The molecule has 0 saturated carbocycles. The average molecular weight is 491 g/mol. The Labute approximate surface area is 196 Å². The van der Waals surface area contributed by atoms with Crippen LogP contribution in [0.25, 0.3) is 16.6 Å². The molecule has 7 nitrogen and oxygen atoms in total. The summed E-state index contributed by atoms with van der Waals surface area (Å²) >= 11 is 5.82. The number of hydrogen-bond acceptors (Lipinski definition) is 4. The summed E-state index contributed by atoms with van der Waals surface area (Å²) in [5.41, 5.74) is -0.423. The summed E-state index contributed by atoms with van der Waals surface area (Å²) in [5, 5.41) is 7.29. The van der Waals surface area contributed by atoms with Gasteiger partial charge in [0.2, 0.25) is 0 Å². The number of fused-ring (bicyclic) bond motifs is 1. The molecule has 4 aromatic rings. The first-order valence-electron chi connectivity index (χ1n) is 10.0. The second-order valence-electron chi connectivity index (χ2n) is 7.41. The molecule has 0 bridgehead atoms. The summed E-state index contributed by atoms with van der Waals surface area (Å²) in [7, 11) is 1.14. The standard InChI is InChI=1S/C23H18ClF3N4O3/c1-34-22(33)19(10-13-11-28-18-5-3-2-4-16(13)18)30-21(32)17-12-29-31(20(17)23(25,26)27)15-8-6-14(24)7-9-15/h2-9,11-12,19,28H,10H2,1H3,(H,30,32). The van der Waals surface area contributed by atoms with Crippen LogP contribution in [0, 0.1) is 0 Å². The molecule has 1 amide bonds. The molecule has 4 rings (SSSR count). The minimum atomic E-state index is -4.90. The highest BCUT2D eigenvalue weighted by Gasteiger charge is 2.41. The highest BCUT2D eigenvalue weighted by molar-refractivity contribution is 6.30. The number of carbonyl (C=O) groups is 2. The second kappa shape index (κ2) is 9.22. The molecule has 1 unspecified atom stereocenters. The molecule has 2 aromatic heterocycles. The number of rotatable bonds is 6. The Morgan fingerprint density at radius 3 is 2.56 bits per heavy atom. The Hall–Kier alpha value is -3.79. The van der Waals surface area contributed by atoms with Crippen LogP contribution < -0.4 is 5.32 Å². The number of nitrogens with one attached hydrogen (secondary N) is 2. The van der Waals surface area contributed by atoms with E-state index in [0.29, 0.717) is 15.3 Å². The molecule has 0 aliphatic carbocycles. The molecule has 0 saturated heterocycles. The van der Waals surface area contributed by atoms with Crippen molar-refractivity contribution >= 4 is 34.4 Å². The van der Waals surface area contributed by atoms with Crippen molar-refractivity contribution in [1.82, 2.24) is 20.1 Å². The zero-order chi connectivity index (χ0) is 24.5. The maximum absolute atomic E-state index is 13.9. The minimum absolute atomic E-state index is 0.00903. The van der Waals surface area contributed by atoms with Gasteiger partial charge in [-0.15, -0.1) is 0 Å². The first-order chi connectivity index (χ1) is 16.2. The van der Waals surface area contributed by atoms with Crippen LogP contribution in [0.15, 0.2) is 60.9 Å². The van der Waals surface area contributed by atoms with Gasteiger partial charge >= 0.3 is 12.1 Å². The Bertz CT molecular complexity index is 1350. The Morgan fingerprint density at radius 2 is 1.88 bits per heavy atom. The molecule has 1 atom stereocenters. The number of benzene rings is 2. The number of amides is 1. The van der Waals surface area contributed by atoms with Crippen LogP contribution in [0.2, 0.25) is 5.02 Å². The first-order valence-corrected chi connectivity index (χ1v) is 10.4. The van der Waals surface area contributed by atoms with E-state index in [4.69, 9.17) is 16.3 Å². The van der Waals surface area contributed by atoms with Crippen molar-refractivity contribution < 1.29 is 27.5 Å². The van der Waals surface area contributed by atoms with E-state index in [2.05, 4.69) is 15.4 Å². The van der Waals surface area contributed by atoms with Gasteiger partial charge in [-0.2, -0.15) is 18.3 Å². The van der Waals surface area contributed by atoms with E-state index in [9.17, 15) is 22.8 Å². The number of alkyl halides is 3. The van der Waals surface area contributed by atoms with E-state index in [-0.39, 0.29) is 12.1 Å². The monoisotopic (exact) mass is 490 g/mol. The number of methoxy groups -OCH3 is 1. The Morgan fingerprint density at radius 1 is 1.18 bits per heavy atom. The summed E-state index contributed by atoms with van der Waals surface area (Å²) in [6.07, 6.45) is -2.41. The number of halogens is 4. The third-order valence-corrected chi connectivity index (χ3v) is 5.50. The van der Waals surface area contributed by atoms with Gasteiger partial charge < -0.3 is 15.0 Å². The van der Waals surface area contributed by atoms with E-state index in [1.54, 1.807) is 6.20 Å². The quantitative estimate of drug-likeness (QED) is 0.388. The molecule has 0 fully saturated rings. The molecular weight excluding hydrogens is 473 g/mol. The number of para-hydroxylation sites is 1. The molecule has 0 spiro atoms. The van der Waals surface area contributed by atoms with Crippen LogP contribution >= 0.6 is 11.6 Å². The smallest absolute Gasteiger partial charge is 0.434 e.